The van der Waals surface area contributed by atoms with Crippen LogP contribution in [-0.4, -0.2) is 9.55 Å². The molecule has 2 aromatic rings. The first-order chi connectivity index (χ1) is 7.43. The number of nitrogens with two attached hydrogens (primary N) is 1. The summed E-state index contributed by atoms with van der Waals surface area (Å²) in [5, 5.41) is 0. The quantitative estimate of drug-likeness (QED) is 0.819. The zero-order chi connectivity index (χ0) is 11.9. The fourth-order valence-corrected chi connectivity index (χ4v) is 1.68. The van der Waals surface area contributed by atoms with Gasteiger partial charge in [-0.1, -0.05) is 0 Å². The Hall–Kier alpha value is -1.14. The number of aryl methyl sites for hydroxylation is 1. The van der Waals surface area contributed by atoms with E-state index in [1.807, 2.05) is 0 Å². The van der Waals surface area contributed by atoms with Crippen LogP contribution in [0.4, 0.5) is 18.9 Å². The van der Waals surface area contributed by atoms with Gasteiger partial charge in [-0.25, -0.2) is 4.98 Å². The van der Waals surface area contributed by atoms with Gasteiger partial charge < -0.3 is 10.3 Å². The van der Waals surface area contributed by atoms with Crippen LogP contribution in [0.25, 0.3) is 11.0 Å². The third kappa shape index (κ3) is 2.81. The number of hydrogen-bond acceptors (Lipinski definition) is 2. The summed E-state index contributed by atoms with van der Waals surface area (Å²) in [6.07, 6.45) is -4.44. The first kappa shape index (κ1) is 16.9. The minimum atomic E-state index is -4.44. The Bertz CT molecular complexity index is 537. The SMILES string of the molecule is CCn1c(C(F)(F)F)nc2cc(N)ccc21.Cl.Cl. The van der Waals surface area contributed by atoms with Gasteiger partial charge in [0.05, 0.1) is 11.0 Å². The Morgan fingerprint density at radius 2 is 1.89 bits per heavy atom. The second-order valence-corrected chi connectivity index (χ2v) is 3.43. The second-order valence-electron chi connectivity index (χ2n) is 3.43. The Morgan fingerprint density at radius 1 is 1.28 bits per heavy atom. The zero-order valence-electron chi connectivity index (χ0n) is 9.36. The molecule has 0 radical (unpaired) electrons. The highest BCUT2D eigenvalue weighted by molar-refractivity contribution is 5.85. The predicted molar refractivity (Wildman–Crippen MR) is 69.3 cm³/mol. The number of anilines is 1. The number of benzene rings is 1. The van der Waals surface area contributed by atoms with Crippen LogP contribution in [0, 0.1) is 0 Å². The molecule has 0 fully saturated rings. The van der Waals surface area contributed by atoms with Crippen LogP contribution in [-0.2, 0) is 12.7 Å². The lowest BCUT2D eigenvalue weighted by atomic mass is 10.3. The lowest BCUT2D eigenvalue weighted by Gasteiger charge is -2.08. The van der Waals surface area contributed by atoms with Crippen molar-refractivity contribution >= 4 is 41.5 Å². The fourth-order valence-electron chi connectivity index (χ4n) is 1.68. The normalized spacial score (nSPS) is 10.9. The Morgan fingerprint density at radius 3 is 2.39 bits per heavy atom. The van der Waals surface area contributed by atoms with Crippen LogP contribution >= 0.6 is 24.8 Å². The third-order valence-electron chi connectivity index (χ3n) is 2.34. The molecule has 102 valence electrons. The monoisotopic (exact) mass is 301 g/mol. The standard InChI is InChI=1S/C10H10F3N3.2ClH/c1-2-16-8-4-3-6(14)5-7(8)15-9(16)10(11,12)13;;/h3-5H,2,14H2,1H3;2*1H. The number of aromatic nitrogens is 2. The average Bonchev–Trinajstić information content (AvgIpc) is 2.54. The van der Waals surface area contributed by atoms with Crippen molar-refractivity contribution in [1.82, 2.24) is 9.55 Å². The fraction of sp³-hybridized carbons (Fsp3) is 0.300. The van der Waals surface area contributed by atoms with Gasteiger partial charge in [-0.2, -0.15) is 13.2 Å². The van der Waals surface area contributed by atoms with Crippen LogP contribution in [0.15, 0.2) is 18.2 Å². The molecule has 1 aromatic heterocycles. The number of nitrogen functional groups attached to an aromatic ring is 1. The summed E-state index contributed by atoms with van der Waals surface area (Å²) >= 11 is 0. The molecule has 3 nitrogen and oxygen atoms in total. The van der Waals surface area contributed by atoms with E-state index >= 15 is 0 Å². The average molecular weight is 302 g/mol. The van der Waals surface area contributed by atoms with E-state index in [0.29, 0.717) is 11.2 Å². The van der Waals surface area contributed by atoms with Gasteiger partial charge in [0, 0.05) is 12.2 Å². The van der Waals surface area contributed by atoms with Gasteiger partial charge in [0.15, 0.2) is 0 Å². The largest absolute Gasteiger partial charge is 0.449 e. The molecular weight excluding hydrogens is 290 g/mol. The van der Waals surface area contributed by atoms with Crippen LogP contribution in [0.2, 0.25) is 0 Å². The Balaban J connectivity index is 0.00000144. The molecule has 0 amide bonds. The molecule has 0 spiro atoms. The molecule has 0 atom stereocenters. The first-order valence-corrected chi connectivity index (χ1v) is 4.76. The highest BCUT2D eigenvalue weighted by atomic mass is 35.5. The van der Waals surface area contributed by atoms with Crippen molar-refractivity contribution in [3.63, 3.8) is 0 Å². The number of hydrogen-bond donors (Lipinski definition) is 1. The van der Waals surface area contributed by atoms with E-state index in [4.69, 9.17) is 5.73 Å². The number of nitrogens with zero attached hydrogens (tertiary/aromatic N) is 2. The number of alkyl halides is 3. The van der Waals surface area contributed by atoms with Gasteiger partial charge >= 0.3 is 6.18 Å². The first-order valence-electron chi connectivity index (χ1n) is 4.76. The highest BCUT2D eigenvalue weighted by Gasteiger charge is 2.37. The summed E-state index contributed by atoms with van der Waals surface area (Å²) in [4.78, 5) is 3.57. The van der Waals surface area contributed by atoms with Crippen LogP contribution in [0.3, 0.4) is 0 Å². The lowest BCUT2D eigenvalue weighted by Crippen LogP contribution is -2.14. The van der Waals surface area contributed by atoms with Gasteiger partial charge in [0.1, 0.15) is 0 Å². The van der Waals surface area contributed by atoms with Gasteiger partial charge in [-0.05, 0) is 25.1 Å². The zero-order valence-corrected chi connectivity index (χ0v) is 11.0. The van der Waals surface area contributed by atoms with Crippen molar-refractivity contribution in [2.24, 2.45) is 0 Å². The smallest absolute Gasteiger partial charge is 0.399 e. The molecule has 2 N–H and O–H groups in total. The summed E-state index contributed by atoms with van der Waals surface area (Å²) in [7, 11) is 0. The number of imidazole rings is 1. The number of halogens is 5. The van der Waals surface area contributed by atoms with Crippen molar-refractivity contribution in [2.45, 2.75) is 19.6 Å². The van der Waals surface area contributed by atoms with Crippen molar-refractivity contribution in [3.05, 3.63) is 24.0 Å². The van der Waals surface area contributed by atoms with E-state index in [1.54, 1.807) is 19.1 Å². The van der Waals surface area contributed by atoms with Crippen LogP contribution in [0.1, 0.15) is 12.7 Å². The van der Waals surface area contributed by atoms with Gasteiger partial charge in [0.25, 0.3) is 0 Å². The lowest BCUT2D eigenvalue weighted by molar-refractivity contribution is -0.146. The minimum absolute atomic E-state index is 0. The third-order valence-corrected chi connectivity index (χ3v) is 2.34. The maximum absolute atomic E-state index is 12.7. The van der Waals surface area contributed by atoms with E-state index in [2.05, 4.69) is 4.98 Å². The van der Waals surface area contributed by atoms with Crippen LogP contribution < -0.4 is 5.73 Å². The van der Waals surface area contributed by atoms with E-state index in [0.717, 1.165) is 4.57 Å². The molecule has 0 bridgehead atoms. The molecule has 2 rings (SSSR count). The van der Waals surface area contributed by atoms with Crippen molar-refractivity contribution < 1.29 is 13.2 Å². The molecule has 0 saturated carbocycles. The summed E-state index contributed by atoms with van der Waals surface area (Å²) in [6, 6.07) is 4.56. The number of fused-ring (bicyclic) bond motifs is 1. The van der Waals surface area contributed by atoms with Crippen molar-refractivity contribution in [2.75, 3.05) is 5.73 Å². The van der Waals surface area contributed by atoms with Gasteiger partial charge in [-0.15, -0.1) is 24.8 Å². The van der Waals surface area contributed by atoms with Gasteiger partial charge in [0.2, 0.25) is 5.82 Å². The van der Waals surface area contributed by atoms with Crippen molar-refractivity contribution in [1.29, 1.82) is 0 Å². The maximum Gasteiger partial charge on any atom is 0.449 e. The second kappa shape index (κ2) is 5.67. The topological polar surface area (TPSA) is 43.8 Å². The summed E-state index contributed by atoms with van der Waals surface area (Å²) in [5.41, 5.74) is 6.63. The molecule has 18 heavy (non-hydrogen) atoms. The molecule has 0 unspecified atom stereocenters. The maximum atomic E-state index is 12.7. The Kier molecular flexibility index (Phi) is 5.31. The molecule has 0 aliphatic rings. The van der Waals surface area contributed by atoms with E-state index in [1.165, 1.54) is 6.07 Å². The predicted octanol–water partition coefficient (Wildman–Crippen LogP) is 3.50. The molecule has 0 saturated heterocycles. The van der Waals surface area contributed by atoms with Crippen LogP contribution in [0.5, 0.6) is 0 Å². The van der Waals surface area contributed by atoms with Gasteiger partial charge in [-0.3, -0.25) is 0 Å². The van der Waals surface area contributed by atoms with Crippen molar-refractivity contribution in [3.8, 4) is 0 Å². The highest BCUT2D eigenvalue weighted by Crippen LogP contribution is 2.31. The Labute approximate surface area is 114 Å². The van der Waals surface area contributed by atoms with E-state index < -0.39 is 12.0 Å². The minimum Gasteiger partial charge on any atom is -0.399 e. The number of rotatable bonds is 1. The molecule has 0 aliphatic heterocycles. The molecule has 0 aliphatic carbocycles. The molecule has 8 heteroatoms. The van der Waals surface area contributed by atoms with E-state index in [-0.39, 0.29) is 36.9 Å². The molecular formula is C10H12Cl2F3N3. The summed E-state index contributed by atoms with van der Waals surface area (Å²) in [5.74, 6) is -0.879. The molecule has 1 aromatic carbocycles. The molecule has 1 heterocycles. The summed E-state index contributed by atoms with van der Waals surface area (Å²) < 4.78 is 39.1. The summed E-state index contributed by atoms with van der Waals surface area (Å²) in [6.45, 7) is 1.86. The van der Waals surface area contributed by atoms with E-state index in [9.17, 15) is 13.2 Å².